The van der Waals surface area contributed by atoms with Crippen molar-refractivity contribution in [1.29, 1.82) is 0 Å². The molecule has 38 heavy (non-hydrogen) atoms. The molecular formula is C33H30N2O3. The van der Waals surface area contributed by atoms with Crippen LogP contribution in [0.1, 0.15) is 59.7 Å². The van der Waals surface area contributed by atoms with Gasteiger partial charge in [-0.15, -0.1) is 0 Å². The lowest BCUT2D eigenvalue weighted by molar-refractivity contribution is 0.0226. The van der Waals surface area contributed by atoms with Gasteiger partial charge in [-0.25, -0.2) is 4.79 Å². The molecule has 2 aliphatic heterocycles. The highest BCUT2D eigenvalue weighted by atomic mass is 16.6. The summed E-state index contributed by atoms with van der Waals surface area (Å²) < 4.78 is 13.0. The lowest BCUT2D eigenvalue weighted by atomic mass is 9.76. The summed E-state index contributed by atoms with van der Waals surface area (Å²) in [5, 5.41) is 7.32. The van der Waals surface area contributed by atoms with E-state index in [1.165, 1.54) is 12.8 Å². The number of hydrogen-bond donors (Lipinski definition) is 2. The van der Waals surface area contributed by atoms with E-state index in [1.54, 1.807) is 0 Å². The fourth-order valence-electron chi connectivity index (χ4n) is 6.24. The number of anilines is 3. The van der Waals surface area contributed by atoms with Crippen molar-refractivity contribution in [2.75, 3.05) is 10.6 Å². The summed E-state index contributed by atoms with van der Waals surface area (Å²) in [5.74, 6) is 1.84. The van der Waals surface area contributed by atoms with Crippen LogP contribution in [0.25, 0.3) is 0 Å². The Bertz CT molecular complexity index is 1520. The highest BCUT2D eigenvalue weighted by Crippen LogP contribution is 2.58. The van der Waals surface area contributed by atoms with Crippen molar-refractivity contribution >= 4 is 23.0 Å². The maximum absolute atomic E-state index is 13.4. The van der Waals surface area contributed by atoms with Crippen LogP contribution in [0.4, 0.5) is 17.1 Å². The van der Waals surface area contributed by atoms with Crippen LogP contribution in [0.2, 0.25) is 0 Å². The van der Waals surface area contributed by atoms with Crippen LogP contribution in [0.5, 0.6) is 11.5 Å². The molecule has 3 aliphatic rings. The molecule has 2 heterocycles. The normalized spacial score (nSPS) is 23.0. The Morgan fingerprint density at radius 2 is 1.55 bits per heavy atom. The lowest BCUT2D eigenvalue weighted by Gasteiger charge is -2.39. The fraction of sp³-hybridized carbons (Fsp3) is 0.242. The average Bonchev–Trinajstić information content (AvgIpc) is 3.24. The quantitative estimate of drug-likeness (QED) is 0.277. The molecule has 1 saturated carbocycles. The molecule has 0 saturated heterocycles. The zero-order chi connectivity index (χ0) is 25.7. The summed E-state index contributed by atoms with van der Waals surface area (Å²) in [6, 6.07) is 30.2. The Balaban J connectivity index is 1.40. The number of fused-ring (bicyclic) bond motifs is 6. The number of ether oxygens (including phenoxy) is 2. The molecule has 0 radical (unpaired) electrons. The van der Waals surface area contributed by atoms with E-state index < -0.39 is 5.60 Å². The van der Waals surface area contributed by atoms with Crippen LogP contribution in [-0.2, 0) is 10.3 Å². The largest absolute Gasteiger partial charge is 0.456 e. The zero-order valence-corrected chi connectivity index (χ0v) is 21.4. The summed E-state index contributed by atoms with van der Waals surface area (Å²) in [4.78, 5) is 13.4. The van der Waals surface area contributed by atoms with Crippen molar-refractivity contribution in [3.63, 3.8) is 0 Å². The highest BCUT2D eigenvalue weighted by Gasteiger charge is 2.54. The Morgan fingerprint density at radius 3 is 2.39 bits per heavy atom. The molecule has 1 aliphatic carbocycles. The Hall–Kier alpha value is -4.25. The molecule has 4 aromatic rings. The zero-order valence-electron chi connectivity index (χ0n) is 21.4. The smallest absolute Gasteiger partial charge is 0.340 e. The van der Waals surface area contributed by atoms with Gasteiger partial charge in [0.25, 0.3) is 0 Å². The van der Waals surface area contributed by atoms with Crippen molar-refractivity contribution in [2.24, 2.45) is 5.92 Å². The second-order valence-electron chi connectivity index (χ2n) is 10.7. The maximum Gasteiger partial charge on any atom is 0.340 e. The second kappa shape index (κ2) is 8.95. The number of hydrogen-bond acceptors (Lipinski definition) is 5. The van der Waals surface area contributed by atoms with E-state index in [1.807, 2.05) is 78.9 Å². The minimum Gasteiger partial charge on any atom is -0.456 e. The second-order valence-corrected chi connectivity index (χ2v) is 10.7. The third kappa shape index (κ3) is 3.65. The van der Waals surface area contributed by atoms with Crippen LogP contribution in [0.15, 0.2) is 91.0 Å². The number of carbonyl (C=O) groups is 1. The van der Waals surface area contributed by atoms with Gasteiger partial charge in [0.2, 0.25) is 0 Å². The van der Waals surface area contributed by atoms with Crippen molar-refractivity contribution < 1.29 is 14.3 Å². The first-order valence-electron chi connectivity index (χ1n) is 13.5. The third-order valence-corrected chi connectivity index (χ3v) is 8.17. The summed E-state index contributed by atoms with van der Waals surface area (Å²) >= 11 is 0. The van der Waals surface area contributed by atoms with Crippen LogP contribution in [0.3, 0.4) is 0 Å². The van der Waals surface area contributed by atoms with Gasteiger partial charge >= 0.3 is 5.97 Å². The summed E-state index contributed by atoms with van der Waals surface area (Å²) in [5.41, 5.74) is 4.84. The third-order valence-electron chi connectivity index (χ3n) is 8.17. The number of rotatable bonds is 4. The Labute approximate surface area is 222 Å². The van der Waals surface area contributed by atoms with E-state index in [4.69, 9.17) is 9.47 Å². The number of para-hydroxylation sites is 1. The van der Waals surface area contributed by atoms with E-state index in [0.717, 1.165) is 52.5 Å². The molecule has 7 rings (SSSR count). The van der Waals surface area contributed by atoms with Gasteiger partial charge in [-0.3, -0.25) is 0 Å². The van der Waals surface area contributed by atoms with Gasteiger partial charge in [-0.05, 0) is 80.1 Å². The van der Waals surface area contributed by atoms with Crippen LogP contribution in [-0.4, -0.2) is 12.0 Å². The van der Waals surface area contributed by atoms with Crippen LogP contribution < -0.4 is 15.4 Å². The van der Waals surface area contributed by atoms with Gasteiger partial charge in [-0.1, -0.05) is 49.4 Å². The maximum atomic E-state index is 13.4. The van der Waals surface area contributed by atoms with Gasteiger partial charge in [-0.2, -0.15) is 0 Å². The van der Waals surface area contributed by atoms with Crippen molar-refractivity contribution in [3.05, 3.63) is 113 Å². The molecule has 0 aromatic heterocycles. The molecular weight excluding hydrogens is 472 g/mol. The first kappa shape index (κ1) is 22.9. The number of carbonyl (C=O) groups excluding carboxylic acids is 1. The van der Waals surface area contributed by atoms with Crippen molar-refractivity contribution in [3.8, 4) is 11.5 Å². The molecule has 190 valence electrons. The standard InChI is InChI=1S/C33H30N2O3/c1-21-14-16-23(17-15-21)35-28-12-7-13-30-31(28)33(26-11-6-5-10-25(26)32(36)38-33)27-20-24(18-19-29(27)37-30)34-22-8-3-2-4-9-22/h2-13,18-21,23,34-35H,14-17H2,1H3. The average molecular weight is 503 g/mol. The van der Waals surface area contributed by atoms with E-state index in [2.05, 4.69) is 29.7 Å². The number of nitrogens with one attached hydrogen (secondary N) is 2. The van der Waals surface area contributed by atoms with E-state index >= 15 is 0 Å². The summed E-state index contributed by atoms with van der Waals surface area (Å²) in [7, 11) is 0. The van der Waals surface area contributed by atoms with E-state index in [0.29, 0.717) is 23.1 Å². The van der Waals surface area contributed by atoms with Crippen molar-refractivity contribution in [2.45, 2.75) is 44.2 Å². The Kier molecular flexibility index (Phi) is 5.39. The molecule has 1 atom stereocenters. The molecule has 0 bridgehead atoms. The highest BCUT2D eigenvalue weighted by molar-refractivity contribution is 5.97. The van der Waals surface area contributed by atoms with Gasteiger partial charge < -0.3 is 20.1 Å². The molecule has 5 heteroatoms. The number of esters is 1. The van der Waals surface area contributed by atoms with Crippen LogP contribution >= 0.6 is 0 Å². The molecule has 2 N–H and O–H groups in total. The van der Waals surface area contributed by atoms with E-state index in [9.17, 15) is 4.79 Å². The minimum absolute atomic E-state index is 0.317. The first-order chi connectivity index (χ1) is 18.6. The molecule has 1 spiro atoms. The predicted octanol–water partition coefficient (Wildman–Crippen LogP) is 7.99. The topological polar surface area (TPSA) is 59.6 Å². The van der Waals surface area contributed by atoms with Gasteiger partial charge in [0.1, 0.15) is 11.5 Å². The van der Waals surface area contributed by atoms with Gasteiger partial charge in [0.05, 0.1) is 11.1 Å². The Morgan fingerprint density at radius 1 is 0.763 bits per heavy atom. The number of benzene rings is 4. The summed E-state index contributed by atoms with van der Waals surface area (Å²) in [6.07, 6.45) is 4.67. The molecule has 1 unspecified atom stereocenters. The monoisotopic (exact) mass is 502 g/mol. The molecule has 1 fully saturated rings. The fourth-order valence-corrected chi connectivity index (χ4v) is 6.24. The lowest BCUT2D eigenvalue weighted by Crippen LogP contribution is -2.35. The minimum atomic E-state index is -1.11. The molecule has 4 aromatic carbocycles. The first-order valence-corrected chi connectivity index (χ1v) is 13.5. The van der Waals surface area contributed by atoms with Crippen molar-refractivity contribution in [1.82, 2.24) is 0 Å². The molecule has 5 nitrogen and oxygen atoms in total. The summed E-state index contributed by atoms with van der Waals surface area (Å²) in [6.45, 7) is 2.33. The predicted molar refractivity (Wildman–Crippen MR) is 149 cm³/mol. The van der Waals surface area contributed by atoms with Gasteiger partial charge in [0.15, 0.2) is 5.60 Å². The van der Waals surface area contributed by atoms with Gasteiger partial charge in [0, 0.05) is 34.2 Å². The molecule has 0 amide bonds. The SMILES string of the molecule is CC1CCC(Nc2cccc3c2C2(OC(=O)c4ccccc42)c2cc(Nc4ccccc4)ccc2O3)CC1. The van der Waals surface area contributed by atoms with E-state index in [-0.39, 0.29) is 5.97 Å². The van der Waals surface area contributed by atoms with Crippen LogP contribution in [0, 0.1) is 5.92 Å².